The third-order valence-electron chi connectivity index (χ3n) is 3.37. The van der Waals surface area contributed by atoms with Gasteiger partial charge in [0.1, 0.15) is 16.8 Å². The number of hydrogen-bond acceptors (Lipinski definition) is 7. The predicted octanol–water partition coefficient (Wildman–Crippen LogP) is 1.61. The Morgan fingerprint density at radius 1 is 1.41 bits per heavy atom. The van der Waals surface area contributed by atoms with Gasteiger partial charge in [-0.1, -0.05) is 23.9 Å². The summed E-state index contributed by atoms with van der Waals surface area (Å²) < 4.78 is 6.93. The lowest BCUT2D eigenvalue weighted by Gasteiger charge is -2.32. The molecule has 1 aromatic carbocycles. The van der Waals surface area contributed by atoms with Crippen LogP contribution in [-0.4, -0.2) is 37.8 Å². The molecule has 0 aliphatic carbocycles. The first-order valence-electron chi connectivity index (χ1n) is 6.91. The lowest BCUT2D eigenvalue weighted by atomic mass is 10.0. The van der Waals surface area contributed by atoms with Gasteiger partial charge in [-0.25, -0.2) is 4.68 Å². The number of phenolic OH excluding ortho intramolecular Hbond substituents is 1. The highest BCUT2D eigenvalue weighted by molar-refractivity contribution is 8.00. The Morgan fingerprint density at radius 3 is 2.82 bits per heavy atom. The number of ether oxygens (including phenoxy) is 1. The summed E-state index contributed by atoms with van der Waals surface area (Å²) in [5.74, 6) is 0.597. The molecule has 0 fully saturated rings. The molecule has 2 heterocycles. The minimum absolute atomic E-state index is 0.182. The number of aromatic nitrogens is 3. The number of hydrogen-bond donors (Lipinski definition) is 2. The highest BCUT2D eigenvalue weighted by Gasteiger charge is 2.38. The maximum atomic E-state index is 12.3. The van der Waals surface area contributed by atoms with Crippen LogP contribution in [0.2, 0.25) is 0 Å². The summed E-state index contributed by atoms with van der Waals surface area (Å²) >= 11 is 1.32. The molecule has 1 aromatic heterocycles. The van der Waals surface area contributed by atoms with Gasteiger partial charge in [0.05, 0.1) is 12.6 Å². The number of aryl methyl sites for hydroxylation is 1. The van der Waals surface area contributed by atoms with Gasteiger partial charge in [-0.2, -0.15) is 0 Å². The minimum Gasteiger partial charge on any atom is -0.508 e. The molecular weight excluding hydrogens is 304 g/mol. The van der Waals surface area contributed by atoms with Crippen molar-refractivity contribution in [2.75, 3.05) is 12.0 Å². The van der Waals surface area contributed by atoms with Crippen molar-refractivity contribution in [3.8, 4) is 5.75 Å². The van der Waals surface area contributed by atoms with Crippen molar-refractivity contribution in [3.05, 3.63) is 35.7 Å². The quantitative estimate of drug-likeness (QED) is 0.831. The van der Waals surface area contributed by atoms with E-state index in [0.29, 0.717) is 17.6 Å². The SMILES string of the molecule is CCOC(=O)[C@@H]1Sc2nnc(C)n2N[C@@H]1c1ccc(O)cc1. The molecule has 3 rings (SSSR count). The first-order chi connectivity index (χ1) is 10.6. The number of fused-ring (bicyclic) bond motifs is 1. The molecule has 0 bridgehead atoms. The van der Waals surface area contributed by atoms with Crippen LogP contribution in [0.25, 0.3) is 0 Å². The number of carbonyl (C=O) groups excluding carboxylic acids is 1. The fourth-order valence-corrected chi connectivity index (χ4v) is 3.42. The third-order valence-corrected chi connectivity index (χ3v) is 4.56. The summed E-state index contributed by atoms with van der Waals surface area (Å²) in [5, 5.41) is 17.7. The number of phenols is 1. The van der Waals surface area contributed by atoms with Gasteiger partial charge in [0.15, 0.2) is 0 Å². The summed E-state index contributed by atoms with van der Waals surface area (Å²) in [5.41, 5.74) is 4.14. The predicted molar refractivity (Wildman–Crippen MR) is 81.2 cm³/mol. The Hall–Kier alpha value is -2.22. The molecule has 0 amide bonds. The second-order valence-corrected chi connectivity index (χ2v) is 5.96. The van der Waals surface area contributed by atoms with Crippen LogP contribution < -0.4 is 5.43 Å². The van der Waals surface area contributed by atoms with Crippen molar-refractivity contribution in [2.45, 2.75) is 30.3 Å². The molecule has 0 saturated heterocycles. The molecule has 8 heteroatoms. The van der Waals surface area contributed by atoms with E-state index in [1.807, 2.05) is 6.92 Å². The molecular formula is C14H16N4O3S. The Balaban J connectivity index is 1.97. The standard InChI is InChI=1S/C14H16N4O3S/c1-3-21-13(20)12-11(9-4-6-10(19)7-5-9)17-18-8(2)15-16-14(18)22-12/h4-7,11-12,17,19H,3H2,1-2H3/t11-,12-/m1/s1. The summed E-state index contributed by atoms with van der Waals surface area (Å²) in [6.45, 7) is 3.94. The van der Waals surface area contributed by atoms with Gasteiger partial charge in [0, 0.05) is 0 Å². The monoisotopic (exact) mass is 320 g/mol. The molecule has 0 saturated carbocycles. The normalized spacial score (nSPS) is 20.1. The number of thioether (sulfide) groups is 1. The molecule has 2 atom stereocenters. The van der Waals surface area contributed by atoms with Gasteiger partial charge in [0.2, 0.25) is 5.16 Å². The highest BCUT2D eigenvalue weighted by Crippen LogP contribution is 2.37. The molecule has 2 N–H and O–H groups in total. The lowest BCUT2D eigenvalue weighted by Crippen LogP contribution is -2.39. The van der Waals surface area contributed by atoms with E-state index in [0.717, 1.165) is 5.56 Å². The number of carbonyl (C=O) groups is 1. The average molecular weight is 320 g/mol. The summed E-state index contributed by atoms with van der Waals surface area (Å²) in [4.78, 5) is 12.3. The maximum Gasteiger partial charge on any atom is 0.322 e. The number of rotatable bonds is 3. The van der Waals surface area contributed by atoms with Gasteiger partial charge in [-0.3, -0.25) is 4.79 Å². The van der Waals surface area contributed by atoms with Crippen molar-refractivity contribution >= 4 is 17.7 Å². The lowest BCUT2D eigenvalue weighted by molar-refractivity contribution is -0.142. The van der Waals surface area contributed by atoms with Crippen LogP contribution >= 0.6 is 11.8 Å². The van der Waals surface area contributed by atoms with Crippen LogP contribution in [-0.2, 0) is 9.53 Å². The molecule has 116 valence electrons. The zero-order valence-electron chi connectivity index (χ0n) is 12.2. The van der Waals surface area contributed by atoms with Crippen LogP contribution in [0, 0.1) is 6.92 Å². The molecule has 0 unspecified atom stereocenters. The Bertz CT molecular complexity index is 686. The molecule has 7 nitrogen and oxygen atoms in total. The number of nitrogens with zero attached hydrogens (tertiary/aromatic N) is 3. The summed E-state index contributed by atoms with van der Waals surface area (Å²) in [6, 6.07) is 6.46. The van der Waals surface area contributed by atoms with Gasteiger partial charge in [-0.15, -0.1) is 10.2 Å². The van der Waals surface area contributed by atoms with Crippen molar-refractivity contribution < 1.29 is 14.6 Å². The maximum absolute atomic E-state index is 12.3. The Kier molecular flexibility index (Phi) is 3.93. The van der Waals surface area contributed by atoms with E-state index in [9.17, 15) is 9.90 Å². The minimum atomic E-state index is -0.472. The average Bonchev–Trinajstić information content (AvgIpc) is 2.88. The van der Waals surface area contributed by atoms with Crippen LogP contribution in [0.4, 0.5) is 0 Å². The van der Waals surface area contributed by atoms with Gasteiger partial charge in [-0.05, 0) is 31.5 Å². The van der Waals surface area contributed by atoms with E-state index in [1.54, 1.807) is 35.9 Å². The second-order valence-electron chi connectivity index (χ2n) is 4.85. The van der Waals surface area contributed by atoms with Gasteiger partial charge < -0.3 is 15.3 Å². The highest BCUT2D eigenvalue weighted by atomic mass is 32.2. The van der Waals surface area contributed by atoms with Crippen molar-refractivity contribution in [1.29, 1.82) is 0 Å². The van der Waals surface area contributed by atoms with Crippen molar-refractivity contribution in [1.82, 2.24) is 14.9 Å². The zero-order valence-corrected chi connectivity index (χ0v) is 13.0. The van der Waals surface area contributed by atoms with E-state index >= 15 is 0 Å². The first-order valence-corrected chi connectivity index (χ1v) is 7.79. The fourth-order valence-electron chi connectivity index (χ4n) is 2.30. The van der Waals surface area contributed by atoms with Crippen LogP contribution in [0.5, 0.6) is 5.75 Å². The molecule has 22 heavy (non-hydrogen) atoms. The topological polar surface area (TPSA) is 89.3 Å². The summed E-state index contributed by atoms with van der Waals surface area (Å²) in [6.07, 6.45) is 0. The number of esters is 1. The number of benzene rings is 1. The van der Waals surface area contributed by atoms with Crippen molar-refractivity contribution in [3.63, 3.8) is 0 Å². The molecule has 2 aromatic rings. The first kappa shape index (κ1) is 14.7. The second kappa shape index (κ2) is 5.88. The van der Waals surface area contributed by atoms with E-state index in [2.05, 4.69) is 15.6 Å². The van der Waals surface area contributed by atoms with Crippen molar-refractivity contribution in [2.24, 2.45) is 0 Å². The van der Waals surface area contributed by atoms with E-state index < -0.39 is 5.25 Å². The molecule has 0 spiro atoms. The summed E-state index contributed by atoms with van der Waals surface area (Å²) in [7, 11) is 0. The molecule has 1 aliphatic heterocycles. The van der Waals surface area contributed by atoms with Crippen LogP contribution in [0.3, 0.4) is 0 Å². The van der Waals surface area contributed by atoms with Gasteiger partial charge in [0.25, 0.3) is 0 Å². The number of aromatic hydroxyl groups is 1. The number of nitrogens with one attached hydrogen (secondary N) is 1. The van der Waals surface area contributed by atoms with Crippen LogP contribution in [0.15, 0.2) is 29.4 Å². The fraction of sp³-hybridized carbons (Fsp3) is 0.357. The van der Waals surface area contributed by atoms with E-state index in [4.69, 9.17) is 4.74 Å². The van der Waals surface area contributed by atoms with Crippen LogP contribution in [0.1, 0.15) is 24.4 Å². The Morgan fingerprint density at radius 2 is 2.14 bits per heavy atom. The smallest absolute Gasteiger partial charge is 0.322 e. The van der Waals surface area contributed by atoms with E-state index in [-0.39, 0.29) is 17.8 Å². The Labute approximate surface area is 131 Å². The third kappa shape index (κ3) is 2.61. The largest absolute Gasteiger partial charge is 0.508 e. The molecule has 0 radical (unpaired) electrons. The van der Waals surface area contributed by atoms with E-state index in [1.165, 1.54) is 11.8 Å². The molecule has 1 aliphatic rings. The van der Waals surface area contributed by atoms with Gasteiger partial charge >= 0.3 is 5.97 Å². The zero-order chi connectivity index (χ0) is 15.7.